The first-order valence-corrected chi connectivity index (χ1v) is 5.51. The molecule has 92 valence electrons. The fourth-order valence-electron chi connectivity index (χ4n) is 1.70. The normalized spacial score (nSPS) is 11.6. The second-order valence-electron chi connectivity index (χ2n) is 3.87. The molecule has 1 aromatic carbocycles. The number of nitrogens with zero attached hydrogens (tertiary/aromatic N) is 3. The van der Waals surface area contributed by atoms with Crippen molar-refractivity contribution in [1.82, 2.24) is 9.55 Å². The number of hydrogen-bond donors (Lipinski definition) is 1. The van der Waals surface area contributed by atoms with Gasteiger partial charge >= 0.3 is 0 Å². The van der Waals surface area contributed by atoms with E-state index in [1.165, 1.54) is 0 Å². The average Bonchev–Trinajstić information content (AvgIpc) is 2.82. The van der Waals surface area contributed by atoms with Gasteiger partial charge in [-0.3, -0.25) is 0 Å². The Morgan fingerprint density at radius 2 is 2.33 bits per heavy atom. The monoisotopic (exact) mass is 242 g/mol. The molecule has 0 spiro atoms. The standard InChI is InChI=1S/C13H14N4O/c1-17-9-15-8-13(17)12(7-14)16-10-4-3-5-11(6-10)18-2/h3-6,8-9,12,16H,1-2H3. The van der Waals surface area contributed by atoms with Gasteiger partial charge in [0, 0.05) is 18.8 Å². The minimum absolute atomic E-state index is 0.440. The van der Waals surface area contributed by atoms with Gasteiger partial charge in [-0.2, -0.15) is 5.26 Å². The van der Waals surface area contributed by atoms with Crippen LogP contribution in [0.1, 0.15) is 11.7 Å². The number of methoxy groups -OCH3 is 1. The number of aromatic nitrogens is 2. The Labute approximate surface area is 106 Å². The van der Waals surface area contributed by atoms with Crippen LogP contribution in [-0.4, -0.2) is 16.7 Å². The molecular formula is C13H14N4O. The molecule has 0 aliphatic heterocycles. The molecule has 0 bridgehead atoms. The van der Waals surface area contributed by atoms with E-state index in [9.17, 15) is 5.26 Å². The van der Waals surface area contributed by atoms with Crippen molar-refractivity contribution in [3.05, 3.63) is 42.5 Å². The zero-order chi connectivity index (χ0) is 13.0. The summed E-state index contributed by atoms with van der Waals surface area (Å²) in [5.41, 5.74) is 1.66. The Balaban J connectivity index is 2.21. The van der Waals surface area contributed by atoms with Gasteiger partial charge in [-0.05, 0) is 12.1 Å². The van der Waals surface area contributed by atoms with Crippen LogP contribution in [0.25, 0.3) is 0 Å². The minimum Gasteiger partial charge on any atom is -0.497 e. The quantitative estimate of drug-likeness (QED) is 0.891. The lowest BCUT2D eigenvalue weighted by molar-refractivity contribution is 0.415. The molecule has 0 saturated carbocycles. The number of rotatable bonds is 4. The summed E-state index contributed by atoms with van der Waals surface area (Å²) in [7, 11) is 3.47. The molecule has 1 unspecified atom stereocenters. The lowest BCUT2D eigenvalue weighted by Gasteiger charge is -2.14. The van der Waals surface area contributed by atoms with Crippen molar-refractivity contribution in [3.8, 4) is 11.8 Å². The van der Waals surface area contributed by atoms with Gasteiger partial charge in [-0.1, -0.05) is 6.07 Å². The Morgan fingerprint density at radius 1 is 1.50 bits per heavy atom. The van der Waals surface area contributed by atoms with E-state index in [1.807, 2.05) is 35.9 Å². The highest BCUT2D eigenvalue weighted by Crippen LogP contribution is 2.22. The van der Waals surface area contributed by atoms with Crippen molar-refractivity contribution in [1.29, 1.82) is 5.26 Å². The third-order valence-corrected chi connectivity index (χ3v) is 2.66. The first-order valence-electron chi connectivity index (χ1n) is 5.51. The highest BCUT2D eigenvalue weighted by molar-refractivity contribution is 5.50. The van der Waals surface area contributed by atoms with Crippen LogP contribution >= 0.6 is 0 Å². The molecule has 5 heteroatoms. The van der Waals surface area contributed by atoms with E-state index >= 15 is 0 Å². The molecular weight excluding hydrogens is 228 g/mol. The topological polar surface area (TPSA) is 62.9 Å². The maximum absolute atomic E-state index is 9.23. The van der Waals surface area contributed by atoms with E-state index in [2.05, 4.69) is 16.4 Å². The Kier molecular flexibility index (Phi) is 3.49. The van der Waals surface area contributed by atoms with Crippen molar-refractivity contribution in [2.24, 2.45) is 7.05 Å². The molecule has 0 fully saturated rings. The summed E-state index contributed by atoms with van der Waals surface area (Å²) in [4.78, 5) is 4.01. The van der Waals surface area contributed by atoms with Gasteiger partial charge in [0.1, 0.15) is 5.75 Å². The maximum Gasteiger partial charge on any atom is 0.156 e. The van der Waals surface area contributed by atoms with Crippen LogP contribution in [0.15, 0.2) is 36.8 Å². The zero-order valence-corrected chi connectivity index (χ0v) is 10.3. The van der Waals surface area contributed by atoms with Crippen LogP contribution < -0.4 is 10.1 Å². The summed E-state index contributed by atoms with van der Waals surface area (Å²) in [6, 6.07) is 9.25. The summed E-state index contributed by atoms with van der Waals surface area (Å²) in [5.74, 6) is 0.752. The Hall–Kier alpha value is -2.48. The number of nitrogens with one attached hydrogen (secondary N) is 1. The van der Waals surface area contributed by atoms with Gasteiger partial charge in [-0.25, -0.2) is 4.98 Å². The van der Waals surface area contributed by atoms with Crippen LogP contribution in [-0.2, 0) is 7.05 Å². The van der Waals surface area contributed by atoms with Gasteiger partial charge in [0.05, 0.1) is 31.4 Å². The van der Waals surface area contributed by atoms with Crippen molar-refractivity contribution in [2.75, 3.05) is 12.4 Å². The van der Waals surface area contributed by atoms with Crippen molar-refractivity contribution in [2.45, 2.75) is 6.04 Å². The van der Waals surface area contributed by atoms with E-state index in [0.29, 0.717) is 0 Å². The summed E-state index contributed by atoms with van der Waals surface area (Å²) in [5, 5.41) is 12.4. The largest absolute Gasteiger partial charge is 0.497 e. The van der Waals surface area contributed by atoms with E-state index < -0.39 is 6.04 Å². The fourth-order valence-corrected chi connectivity index (χ4v) is 1.70. The SMILES string of the molecule is COc1cccc(NC(C#N)c2cncn2C)c1. The molecule has 1 atom stereocenters. The number of imidazole rings is 1. The number of hydrogen-bond acceptors (Lipinski definition) is 4. The molecule has 0 radical (unpaired) electrons. The second-order valence-corrected chi connectivity index (χ2v) is 3.87. The number of benzene rings is 1. The third kappa shape index (κ3) is 2.43. The summed E-state index contributed by atoms with van der Waals surface area (Å²) in [6.07, 6.45) is 3.36. The Morgan fingerprint density at radius 3 is 2.94 bits per heavy atom. The lowest BCUT2D eigenvalue weighted by atomic mass is 10.2. The molecule has 1 heterocycles. The second kappa shape index (κ2) is 5.23. The van der Waals surface area contributed by atoms with E-state index in [4.69, 9.17) is 4.74 Å². The van der Waals surface area contributed by atoms with Gasteiger partial charge < -0.3 is 14.6 Å². The van der Waals surface area contributed by atoms with Crippen LogP contribution in [0.3, 0.4) is 0 Å². The molecule has 0 amide bonds. The van der Waals surface area contributed by atoms with E-state index in [0.717, 1.165) is 17.1 Å². The molecule has 18 heavy (non-hydrogen) atoms. The number of nitriles is 1. The first kappa shape index (κ1) is 12.0. The maximum atomic E-state index is 9.23. The highest BCUT2D eigenvalue weighted by Gasteiger charge is 2.13. The molecule has 5 nitrogen and oxygen atoms in total. The zero-order valence-electron chi connectivity index (χ0n) is 10.3. The molecule has 0 aliphatic rings. The molecule has 2 aromatic rings. The number of ether oxygens (including phenoxy) is 1. The van der Waals surface area contributed by atoms with Crippen LogP contribution in [0.4, 0.5) is 5.69 Å². The van der Waals surface area contributed by atoms with Gasteiger partial charge in [-0.15, -0.1) is 0 Å². The third-order valence-electron chi connectivity index (χ3n) is 2.66. The predicted octanol–water partition coefficient (Wildman–Crippen LogP) is 2.11. The summed E-state index contributed by atoms with van der Waals surface area (Å²) in [6.45, 7) is 0. The first-order chi connectivity index (χ1) is 8.74. The minimum atomic E-state index is -0.440. The van der Waals surface area contributed by atoms with Crippen LogP contribution in [0.2, 0.25) is 0 Å². The molecule has 2 rings (SSSR count). The molecule has 1 aromatic heterocycles. The van der Waals surface area contributed by atoms with Crippen LogP contribution in [0.5, 0.6) is 5.75 Å². The van der Waals surface area contributed by atoms with Crippen molar-refractivity contribution >= 4 is 5.69 Å². The van der Waals surface area contributed by atoms with Gasteiger partial charge in [0.25, 0.3) is 0 Å². The average molecular weight is 242 g/mol. The molecule has 0 saturated heterocycles. The van der Waals surface area contributed by atoms with E-state index in [-0.39, 0.29) is 0 Å². The number of aryl methyl sites for hydroxylation is 1. The molecule has 1 N–H and O–H groups in total. The molecule has 0 aliphatic carbocycles. The van der Waals surface area contributed by atoms with Gasteiger partial charge in [0.2, 0.25) is 0 Å². The highest BCUT2D eigenvalue weighted by atomic mass is 16.5. The van der Waals surface area contributed by atoms with Crippen molar-refractivity contribution in [3.63, 3.8) is 0 Å². The Bertz CT molecular complexity index is 570. The van der Waals surface area contributed by atoms with Gasteiger partial charge in [0.15, 0.2) is 6.04 Å². The fraction of sp³-hybridized carbons (Fsp3) is 0.231. The number of anilines is 1. The summed E-state index contributed by atoms with van der Waals surface area (Å²) >= 11 is 0. The smallest absolute Gasteiger partial charge is 0.156 e. The van der Waals surface area contributed by atoms with E-state index in [1.54, 1.807) is 19.6 Å². The lowest BCUT2D eigenvalue weighted by Crippen LogP contribution is -2.12. The summed E-state index contributed by atoms with van der Waals surface area (Å²) < 4.78 is 6.96. The predicted molar refractivity (Wildman–Crippen MR) is 68.2 cm³/mol. The van der Waals surface area contributed by atoms with Crippen LogP contribution in [0, 0.1) is 11.3 Å². The van der Waals surface area contributed by atoms with Crippen molar-refractivity contribution < 1.29 is 4.74 Å².